The Balaban J connectivity index is 2.03. The summed E-state index contributed by atoms with van der Waals surface area (Å²) < 4.78 is 5.39. The molecule has 17 heavy (non-hydrogen) atoms. The van der Waals surface area contributed by atoms with Gasteiger partial charge in [0.2, 0.25) is 0 Å². The van der Waals surface area contributed by atoms with Crippen molar-refractivity contribution in [1.82, 2.24) is 5.32 Å². The molecule has 0 bridgehead atoms. The highest BCUT2D eigenvalue weighted by atomic mass is 16.3. The Kier molecular flexibility index (Phi) is 2.30. The van der Waals surface area contributed by atoms with Gasteiger partial charge in [-0.15, -0.1) is 0 Å². The van der Waals surface area contributed by atoms with E-state index in [0.29, 0.717) is 0 Å². The molecule has 1 aromatic carbocycles. The van der Waals surface area contributed by atoms with E-state index in [4.69, 9.17) is 4.42 Å². The van der Waals surface area contributed by atoms with Crippen molar-refractivity contribution >= 4 is 0 Å². The van der Waals surface area contributed by atoms with Crippen LogP contribution in [-0.4, -0.2) is 16.8 Å². The van der Waals surface area contributed by atoms with Crippen molar-refractivity contribution in [3.63, 3.8) is 0 Å². The van der Waals surface area contributed by atoms with Gasteiger partial charge in [-0.3, -0.25) is 0 Å². The van der Waals surface area contributed by atoms with Crippen LogP contribution in [0.4, 0.5) is 0 Å². The van der Waals surface area contributed by atoms with Gasteiger partial charge in [0.25, 0.3) is 0 Å². The first kappa shape index (κ1) is 10.2. The molecular formula is C13H13NO3. The fourth-order valence-electron chi connectivity index (χ4n) is 2.30. The van der Waals surface area contributed by atoms with Crippen molar-refractivity contribution in [2.75, 3.05) is 6.54 Å². The van der Waals surface area contributed by atoms with Gasteiger partial charge in [-0.05, 0) is 23.8 Å². The van der Waals surface area contributed by atoms with E-state index >= 15 is 0 Å². The lowest BCUT2D eigenvalue weighted by molar-refractivity contribution is 0.402. The highest BCUT2D eigenvalue weighted by molar-refractivity contribution is 5.45. The first-order valence-electron chi connectivity index (χ1n) is 5.54. The van der Waals surface area contributed by atoms with Gasteiger partial charge in [0.05, 0.1) is 12.8 Å². The summed E-state index contributed by atoms with van der Waals surface area (Å²) in [6.07, 6.45) is 1.69. The van der Waals surface area contributed by atoms with Gasteiger partial charge in [0, 0.05) is 18.0 Å². The maximum Gasteiger partial charge on any atom is 0.157 e. The quantitative estimate of drug-likeness (QED) is 0.656. The van der Waals surface area contributed by atoms with Crippen molar-refractivity contribution in [1.29, 1.82) is 0 Å². The highest BCUT2D eigenvalue weighted by Gasteiger charge is 2.24. The molecule has 0 saturated carbocycles. The maximum absolute atomic E-state index is 9.54. The van der Waals surface area contributed by atoms with Gasteiger partial charge < -0.3 is 19.9 Å². The molecule has 2 heterocycles. The van der Waals surface area contributed by atoms with Crippen molar-refractivity contribution in [3.05, 3.63) is 47.4 Å². The predicted molar refractivity (Wildman–Crippen MR) is 62.0 cm³/mol. The zero-order valence-corrected chi connectivity index (χ0v) is 9.18. The van der Waals surface area contributed by atoms with E-state index in [1.165, 1.54) is 6.07 Å². The molecule has 0 radical (unpaired) electrons. The molecule has 88 valence electrons. The molecule has 3 rings (SSSR count). The second-order valence-electron chi connectivity index (χ2n) is 4.23. The standard InChI is InChI=1S/C13H13NO3/c15-11-2-1-8(5-12(11)16)10-6-14-7-13-9(10)3-4-17-13/h1-5,10,14-16H,6-7H2. The average Bonchev–Trinajstić information content (AvgIpc) is 2.80. The summed E-state index contributed by atoms with van der Waals surface area (Å²) in [6, 6.07) is 6.90. The summed E-state index contributed by atoms with van der Waals surface area (Å²) in [7, 11) is 0. The predicted octanol–water partition coefficient (Wildman–Crippen LogP) is 1.93. The molecule has 2 aromatic rings. The third kappa shape index (κ3) is 1.66. The minimum atomic E-state index is -0.0927. The van der Waals surface area contributed by atoms with Gasteiger partial charge in [-0.1, -0.05) is 6.07 Å². The first-order chi connectivity index (χ1) is 8.25. The zero-order valence-electron chi connectivity index (χ0n) is 9.18. The van der Waals surface area contributed by atoms with Crippen molar-refractivity contribution in [3.8, 4) is 11.5 Å². The number of benzene rings is 1. The Hall–Kier alpha value is -1.94. The third-order valence-corrected chi connectivity index (χ3v) is 3.19. The summed E-state index contributed by atoms with van der Waals surface area (Å²) in [4.78, 5) is 0. The molecule has 4 nitrogen and oxygen atoms in total. The molecule has 0 spiro atoms. The van der Waals surface area contributed by atoms with Crippen LogP contribution in [0.1, 0.15) is 22.8 Å². The lowest BCUT2D eigenvalue weighted by Crippen LogP contribution is -2.27. The second kappa shape index (κ2) is 3.82. The third-order valence-electron chi connectivity index (χ3n) is 3.19. The number of phenols is 2. The lowest BCUT2D eigenvalue weighted by atomic mass is 9.89. The number of rotatable bonds is 1. The van der Waals surface area contributed by atoms with E-state index < -0.39 is 0 Å². The first-order valence-corrected chi connectivity index (χ1v) is 5.54. The van der Waals surface area contributed by atoms with Crippen LogP contribution in [0.25, 0.3) is 0 Å². The number of aromatic hydroxyl groups is 2. The largest absolute Gasteiger partial charge is 0.504 e. The van der Waals surface area contributed by atoms with Gasteiger partial charge in [0.1, 0.15) is 5.76 Å². The molecular weight excluding hydrogens is 218 g/mol. The smallest absolute Gasteiger partial charge is 0.157 e. The van der Waals surface area contributed by atoms with E-state index in [1.54, 1.807) is 12.3 Å². The summed E-state index contributed by atoms with van der Waals surface area (Å²) in [5, 5.41) is 22.1. The normalized spacial score (nSPS) is 18.9. The topological polar surface area (TPSA) is 65.6 Å². The molecule has 1 atom stereocenters. The fraction of sp³-hybridized carbons (Fsp3) is 0.231. The number of nitrogens with one attached hydrogen (secondary N) is 1. The van der Waals surface area contributed by atoms with Crippen LogP contribution in [0.2, 0.25) is 0 Å². The minimum Gasteiger partial charge on any atom is -0.504 e. The Morgan fingerprint density at radius 3 is 2.88 bits per heavy atom. The summed E-state index contributed by atoms with van der Waals surface area (Å²) in [6.45, 7) is 1.54. The summed E-state index contributed by atoms with van der Waals surface area (Å²) in [5.41, 5.74) is 2.11. The van der Waals surface area contributed by atoms with E-state index in [1.807, 2.05) is 12.1 Å². The molecule has 0 aliphatic carbocycles. The highest BCUT2D eigenvalue weighted by Crippen LogP contribution is 2.34. The van der Waals surface area contributed by atoms with Crippen LogP contribution in [0.5, 0.6) is 11.5 Å². The van der Waals surface area contributed by atoms with E-state index in [9.17, 15) is 10.2 Å². The average molecular weight is 231 g/mol. The Morgan fingerprint density at radius 1 is 1.18 bits per heavy atom. The number of hydrogen-bond acceptors (Lipinski definition) is 4. The molecule has 0 saturated heterocycles. The fourth-order valence-corrected chi connectivity index (χ4v) is 2.30. The van der Waals surface area contributed by atoms with Crippen LogP contribution >= 0.6 is 0 Å². The minimum absolute atomic E-state index is 0.0851. The Labute approximate surface area is 98.5 Å². The molecule has 1 aliphatic rings. The summed E-state index contributed by atoms with van der Waals surface area (Å²) >= 11 is 0. The van der Waals surface area contributed by atoms with Crippen LogP contribution in [0.3, 0.4) is 0 Å². The molecule has 1 aliphatic heterocycles. The van der Waals surface area contributed by atoms with Gasteiger partial charge in [0.15, 0.2) is 11.5 Å². The van der Waals surface area contributed by atoms with Gasteiger partial charge >= 0.3 is 0 Å². The number of hydrogen-bond donors (Lipinski definition) is 3. The van der Waals surface area contributed by atoms with Crippen LogP contribution in [0, 0.1) is 0 Å². The molecule has 4 heteroatoms. The van der Waals surface area contributed by atoms with Crippen LogP contribution in [-0.2, 0) is 6.54 Å². The Bertz CT molecular complexity index is 547. The lowest BCUT2D eigenvalue weighted by Gasteiger charge is -2.23. The van der Waals surface area contributed by atoms with Crippen molar-refractivity contribution in [2.24, 2.45) is 0 Å². The maximum atomic E-state index is 9.54. The zero-order chi connectivity index (χ0) is 11.8. The van der Waals surface area contributed by atoms with Crippen molar-refractivity contribution in [2.45, 2.75) is 12.5 Å². The van der Waals surface area contributed by atoms with E-state index in [0.717, 1.165) is 30.0 Å². The number of phenolic OH excluding ortho intramolecular Hbond substituents is 2. The second-order valence-corrected chi connectivity index (χ2v) is 4.23. The Morgan fingerprint density at radius 2 is 2.06 bits per heavy atom. The van der Waals surface area contributed by atoms with Gasteiger partial charge in [-0.25, -0.2) is 0 Å². The molecule has 1 aromatic heterocycles. The molecule has 3 N–H and O–H groups in total. The SMILES string of the molecule is Oc1ccc(C2CNCc3occc32)cc1O. The van der Waals surface area contributed by atoms with E-state index in [-0.39, 0.29) is 17.4 Å². The van der Waals surface area contributed by atoms with Crippen LogP contribution < -0.4 is 5.32 Å². The molecule has 1 unspecified atom stereocenters. The number of furan rings is 1. The molecule has 0 amide bonds. The monoisotopic (exact) mass is 231 g/mol. The van der Waals surface area contributed by atoms with Crippen molar-refractivity contribution < 1.29 is 14.6 Å². The van der Waals surface area contributed by atoms with E-state index in [2.05, 4.69) is 5.32 Å². The number of fused-ring (bicyclic) bond motifs is 1. The summed E-state index contributed by atoms with van der Waals surface area (Å²) in [5.74, 6) is 0.917. The van der Waals surface area contributed by atoms with Crippen LogP contribution in [0.15, 0.2) is 34.9 Å². The van der Waals surface area contributed by atoms with Gasteiger partial charge in [-0.2, -0.15) is 0 Å². The molecule has 0 fully saturated rings.